The Morgan fingerprint density at radius 3 is 2.83 bits per heavy atom. The van der Waals surface area contributed by atoms with Crippen LogP contribution in [0.5, 0.6) is 0 Å². The third-order valence-electron chi connectivity index (χ3n) is 3.61. The number of aliphatic carboxylic acids is 1. The molecule has 2 heterocycles. The van der Waals surface area contributed by atoms with E-state index in [1.165, 1.54) is 11.8 Å². The Balaban J connectivity index is 1.86. The predicted molar refractivity (Wildman–Crippen MR) is 69.9 cm³/mol. The summed E-state index contributed by atoms with van der Waals surface area (Å²) in [6, 6.07) is 0.320. The van der Waals surface area contributed by atoms with Crippen molar-refractivity contribution < 1.29 is 14.7 Å². The number of carboxylic acid groups (broad SMARTS) is 1. The van der Waals surface area contributed by atoms with E-state index in [0.717, 1.165) is 12.8 Å². The molecule has 1 N–H and O–H groups in total. The van der Waals surface area contributed by atoms with E-state index in [2.05, 4.69) is 6.92 Å². The Morgan fingerprint density at radius 1 is 1.61 bits per heavy atom. The van der Waals surface area contributed by atoms with E-state index in [4.69, 9.17) is 5.11 Å². The van der Waals surface area contributed by atoms with Crippen LogP contribution < -0.4 is 0 Å². The van der Waals surface area contributed by atoms with Crippen LogP contribution in [0.4, 0.5) is 0 Å². The van der Waals surface area contributed by atoms with E-state index in [9.17, 15) is 9.59 Å². The molecule has 2 atom stereocenters. The standard InChI is InChI=1S/C12H18N2O3S/c1-8-3-4-10(15)14(8)6-5-11-13(2)9(7-18-11)12(16)17/h7-8,11H,3-6H2,1-2H3,(H,16,17). The van der Waals surface area contributed by atoms with Gasteiger partial charge in [-0.2, -0.15) is 0 Å². The van der Waals surface area contributed by atoms with Crippen molar-refractivity contribution in [2.24, 2.45) is 0 Å². The van der Waals surface area contributed by atoms with Crippen molar-refractivity contribution in [1.82, 2.24) is 9.80 Å². The van der Waals surface area contributed by atoms with Crippen LogP contribution in [0.25, 0.3) is 0 Å². The fourth-order valence-corrected chi connectivity index (χ4v) is 3.50. The molecule has 0 aromatic heterocycles. The largest absolute Gasteiger partial charge is 0.477 e. The highest BCUT2D eigenvalue weighted by atomic mass is 32.2. The molecule has 0 aromatic carbocycles. The van der Waals surface area contributed by atoms with E-state index < -0.39 is 5.97 Å². The lowest BCUT2D eigenvalue weighted by Crippen LogP contribution is -2.36. The molecule has 100 valence electrons. The summed E-state index contributed by atoms with van der Waals surface area (Å²) in [5.41, 5.74) is 0.339. The molecule has 1 amide bonds. The predicted octanol–water partition coefficient (Wildman–Crippen LogP) is 1.32. The van der Waals surface area contributed by atoms with Gasteiger partial charge in [-0.15, -0.1) is 11.8 Å². The zero-order valence-corrected chi connectivity index (χ0v) is 11.4. The lowest BCUT2D eigenvalue weighted by molar-refractivity contribution is -0.134. The van der Waals surface area contributed by atoms with E-state index in [0.29, 0.717) is 24.7 Å². The first-order valence-electron chi connectivity index (χ1n) is 6.12. The first-order valence-corrected chi connectivity index (χ1v) is 7.06. The van der Waals surface area contributed by atoms with E-state index in [1.54, 1.807) is 17.4 Å². The minimum absolute atomic E-state index is 0.122. The van der Waals surface area contributed by atoms with E-state index >= 15 is 0 Å². The van der Waals surface area contributed by atoms with Gasteiger partial charge < -0.3 is 14.9 Å². The van der Waals surface area contributed by atoms with Crippen LogP contribution in [-0.2, 0) is 9.59 Å². The van der Waals surface area contributed by atoms with Gasteiger partial charge in [-0.05, 0) is 19.8 Å². The molecule has 0 saturated carbocycles. The number of rotatable bonds is 4. The molecule has 2 aliphatic rings. The number of hydrogen-bond donors (Lipinski definition) is 1. The summed E-state index contributed by atoms with van der Waals surface area (Å²) in [6.07, 6.45) is 2.38. The molecule has 6 heteroatoms. The van der Waals surface area contributed by atoms with Gasteiger partial charge in [-0.25, -0.2) is 4.79 Å². The zero-order valence-electron chi connectivity index (χ0n) is 10.6. The van der Waals surface area contributed by atoms with Crippen LogP contribution in [0.3, 0.4) is 0 Å². The van der Waals surface area contributed by atoms with Crippen LogP contribution in [0.15, 0.2) is 11.1 Å². The fourth-order valence-electron chi connectivity index (χ4n) is 2.41. The summed E-state index contributed by atoms with van der Waals surface area (Å²) < 4.78 is 0. The van der Waals surface area contributed by atoms with Crippen molar-refractivity contribution >= 4 is 23.6 Å². The number of likely N-dealkylation sites (tertiary alicyclic amines) is 1. The van der Waals surface area contributed by atoms with Crippen molar-refractivity contribution in [3.8, 4) is 0 Å². The molecule has 2 unspecified atom stereocenters. The average molecular weight is 270 g/mol. The molecule has 18 heavy (non-hydrogen) atoms. The number of nitrogens with zero attached hydrogens (tertiary/aromatic N) is 2. The maximum Gasteiger partial charge on any atom is 0.352 e. The number of hydrogen-bond acceptors (Lipinski definition) is 4. The van der Waals surface area contributed by atoms with Crippen LogP contribution in [0.1, 0.15) is 26.2 Å². The molecule has 5 nitrogen and oxygen atoms in total. The van der Waals surface area contributed by atoms with Gasteiger partial charge in [0.05, 0.1) is 5.37 Å². The van der Waals surface area contributed by atoms with Gasteiger partial charge >= 0.3 is 5.97 Å². The second-order valence-corrected chi connectivity index (χ2v) is 5.83. The van der Waals surface area contributed by atoms with Gasteiger partial charge in [0.25, 0.3) is 0 Å². The highest BCUT2D eigenvalue weighted by Crippen LogP contribution is 2.32. The smallest absolute Gasteiger partial charge is 0.352 e. The average Bonchev–Trinajstić information content (AvgIpc) is 2.82. The number of carbonyl (C=O) groups is 2. The monoisotopic (exact) mass is 270 g/mol. The molecule has 1 saturated heterocycles. The van der Waals surface area contributed by atoms with Crippen LogP contribution in [0.2, 0.25) is 0 Å². The molecule has 0 spiro atoms. The van der Waals surface area contributed by atoms with Crippen LogP contribution in [0, 0.1) is 0 Å². The lowest BCUT2D eigenvalue weighted by Gasteiger charge is -2.27. The summed E-state index contributed by atoms with van der Waals surface area (Å²) >= 11 is 1.52. The number of carbonyl (C=O) groups excluding carboxylic acids is 1. The summed E-state index contributed by atoms with van der Waals surface area (Å²) in [5, 5.41) is 10.8. The Bertz CT molecular complexity index is 397. The van der Waals surface area contributed by atoms with Gasteiger partial charge in [-0.3, -0.25) is 4.79 Å². The fraction of sp³-hybridized carbons (Fsp3) is 0.667. The SMILES string of the molecule is CC1CCC(=O)N1CCC1SC=C(C(=O)O)N1C. The first kappa shape index (κ1) is 13.3. The molecule has 0 aliphatic carbocycles. The van der Waals surface area contributed by atoms with Gasteiger partial charge in [0.15, 0.2) is 0 Å². The third-order valence-corrected chi connectivity index (χ3v) is 4.84. The molecule has 0 bridgehead atoms. The second-order valence-electron chi connectivity index (χ2n) is 4.77. The number of thioether (sulfide) groups is 1. The van der Waals surface area contributed by atoms with Crippen molar-refractivity contribution in [2.45, 2.75) is 37.6 Å². The topological polar surface area (TPSA) is 60.9 Å². The molecule has 0 aromatic rings. The van der Waals surface area contributed by atoms with Crippen molar-refractivity contribution in [3.63, 3.8) is 0 Å². The maximum atomic E-state index is 11.6. The number of amides is 1. The lowest BCUT2D eigenvalue weighted by atomic mass is 10.2. The Morgan fingerprint density at radius 2 is 2.33 bits per heavy atom. The minimum Gasteiger partial charge on any atom is -0.477 e. The number of likely N-dealkylation sites (N-methyl/N-ethyl adjacent to an activating group) is 1. The van der Waals surface area contributed by atoms with Crippen molar-refractivity contribution in [2.75, 3.05) is 13.6 Å². The quantitative estimate of drug-likeness (QED) is 0.835. The Kier molecular flexibility index (Phi) is 3.85. The van der Waals surface area contributed by atoms with Gasteiger partial charge in [-0.1, -0.05) is 0 Å². The molecule has 1 fully saturated rings. The summed E-state index contributed by atoms with van der Waals surface area (Å²) in [4.78, 5) is 26.3. The minimum atomic E-state index is -0.891. The normalized spacial score (nSPS) is 27.9. The molecule has 2 aliphatic heterocycles. The summed E-state index contributed by atoms with van der Waals surface area (Å²) in [7, 11) is 1.79. The molecule has 0 radical (unpaired) electrons. The van der Waals surface area contributed by atoms with E-state index in [1.807, 2.05) is 4.90 Å². The van der Waals surface area contributed by atoms with E-state index in [-0.39, 0.29) is 11.3 Å². The van der Waals surface area contributed by atoms with Crippen molar-refractivity contribution in [1.29, 1.82) is 0 Å². The van der Waals surface area contributed by atoms with Crippen molar-refractivity contribution in [3.05, 3.63) is 11.1 Å². The maximum absolute atomic E-state index is 11.6. The Hall–Kier alpha value is -1.17. The molecule has 2 rings (SSSR count). The molecular formula is C12H18N2O3S. The van der Waals surface area contributed by atoms with Crippen LogP contribution in [-0.4, -0.2) is 51.8 Å². The second kappa shape index (κ2) is 5.22. The first-order chi connectivity index (χ1) is 8.50. The highest BCUT2D eigenvalue weighted by Gasteiger charge is 2.31. The van der Waals surface area contributed by atoms with Gasteiger partial charge in [0.2, 0.25) is 5.91 Å². The Labute approximate surface area is 111 Å². The summed E-state index contributed by atoms with van der Waals surface area (Å²) in [6.45, 7) is 2.78. The zero-order chi connectivity index (χ0) is 13.3. The molecular weight excluding hydrogens is 252 g/mol. The van der Waals surface area contributed by atoms with Gasteiger partial charge in [0.1, 0.15) is 5.70 Å². The van der Waals surface area contributed by atoms with Gasteiger partial charge in [0, 0.05) is 31.5 Å². The number of carboxylic acids is 1. The van der Waals surface area contributed by atoms with Crippen LogP contribution >= 0.6 is 11.8 Å². The third kappa shape index (κ3) is 2.48. The highest BCUT2D eigenvalue weighted by molar-refractivity contribution is 8.02. The summed E-state index contributed by atoms with van der Waals surface area (Å²) in [5.74, 6) is -0.669.